The number of hydrogen-bond acceptors (Lipinski definition) is 4. The molecule has 0 radical (unpaired) electrons. The summed E-state index contributed by atoms with van der Waals surface area (Å²) < 4.78 is 18.1. The summed E-state index contributed by atoms with van der Waals surface area (Å²) in [6.07, 6.45) is 3.28. The summed E-state index contributed by atoms with van der Waals surface area (Å²) in [7, 11) is 0. The minimum Gasteiger partial charge on any atom is -0.463 e. The summed E-state index contributed by atoms with van der Waals surface area (Å²) in [5.41, 5.74) is 1.67. The van der Waals surface area contributed by atoms with Gasteiger partial charge >= 0.3 is 0 Å². The van der Waals surface area contributed by atoms with Crippen LogP contribution in [0.3, 0.4) is 0 Å². The summed E-state index contributed by atoms with van der Waals surface area (Å²) in [6, 6.07) is 13.5. The lowest BCUT2D eigenvalue weighted by atomic mass is 10.2. The van der Waals surface area contributed by atoms with Crippen molar-refractivity contribution in [1.82, 2.24) is 10.3 Å². The van der Waals surface area contributed by atoms with E-state index in [2.05, 4.69) is 10.3 Å². The summed E-state index contributed by atoms with van der Waals surface area (Å²) in [5, 5.41) is 2.86. The van der Waals surface area contributed by atoms with Gasteiger partial charge in [-0.3, -0.25) is 9.78 Å². The van der Waals surface area contributed by atoms with Gasteiger partial charge in [-0.05, 0) is 54.1 Å². The molecule has 6 heteroatoms. The number of rotatable bonds is 6. The van der Waals surface area contributed by atoms with Crippen molar-refractivity contribution < 1.29 is 13.6 Å². The predicted octanol–water partition coefficient (Wildman–Crippen LogP) is 3.89. The van der Waals surface area contributed by atoms with Gasteiger partial charge in [0.1, 0.15) is 11.5 Å². The second-order valence-corrected chi connectivity index (χ2v) is 6.09. The number of halogens is 1. The van der Waals surface area contributed by atoms with Gasteiger partial charge in [0.15, 0.2) is 5.76 Å². The Kier molecular flexibility index (Phi) is 5.28. The maximum Gasteiger partial charge on any atom is 0.230 e. The summed E-state index contributed by atoms with van der Waals surface area (Å²) in [5.74, 6) is 0.603. The molecule has 3 aromatic rings. The fourth-order valence-electron chi connectivity index (χ4n) is 2.07. The van der Waals surface area contributed by atoms with Crippen LogP contribution in [0.2, 0.25) is 0 Å². The Hall–Kier alpha value is -2.60. The molecular formula is C18H15FN2O2S. The van der Waals surface area contributed by atoms with Crippen LogP contribution in [-0.4, -0.2) is 16.6 Å². The Balaban J connectivity index is 1.51. The molecule has 0 atom stereocenters. The van der Waals surface area contributed by atoms with Crippen LogP contribution in [0.5, 0.6) is 0 Å². The Morgan fingerprint density at radius 3 is 2.79 bits per heavy atom. The number of amides is 1. The van der Waals surface area contributed by atoms with Crippen molar-refractivity contribution in [2.45, 2.75) is 11.4 Å². The molecule has 0 aliphatic heterocycles. The lowest BCUT2D eigenvalue weighted by molar-refractivity contribution is -0.118. The Morgan fingerprint density at radius 2 is 2.04 bits per heavy atom. The van der Waals surface area contributed by atoms with E-state index in [1.54, 1.807) is 30.7 Å². The molecule has 0 unspecified atom stereocenters. The van der Waals surface area contributed by atoms with Crippen molar-refractivity contribution in [3.63, 3.8) is 0 Å². The van der Waals surface area contributed by atoms with Gasteiger partial charge < -0.3 is 9.73 Å². The molecule has 4 nitrogen and oxygen atoms in total. The highest BCUT2D eigenvalue weighted by Crippen LogP contribution is 2.19. The van der Waals surface area contributed by atoms with Gasteiger partial charge in [-0.1, -0.05) is 0 Å². The van der Waals surface area contributed by atoms with Crippen molar-refractivity contribution in [3.05, 3.63) is 72.4 Å². The minimum absolute atomic E-state index is 0.0827. The second kappa shape index (κ2) is 7.79. The van der Waals surface area contributed by atoms with Gasteiger partial charge in [0.25, 0.3) is 0 Å². The number of nitrogens with zero attached hydrogens (tertiary/aromatic N) is 1. The number of thioether (sulfide) groups is 1. The number of pyridine rings is 1. The first-order valence-electron chi connectivity index (χ1n) is 7.34. The Labute approximate surface area is 143 Å². The molecule has 0 aliphatic carbocycles. The normalized spacial score (nSPS) is 10.5. The van der Waals surface area contributed by atoms with Crippen LogP contribution in [0.4, 0.5) is 4.39 Å². The van der Waals surface area contributed by atoms with Gasteiger partial charge in [0, 0.05) is 17.6 Å². The minimum atomic E-state index is -0.283. The third-order valence-corrected chi connectivity index (χ3v) is 4.28. The van der Waals surface area contributed by atoms with Crippen LogP contribution < -0.4 is 5.32 Å². The zero-order chi connectivity index (χ0) is 16.8. The van der Waals surface area contributed by atoms with Gasteiger partial charge in [-0.2, -0.15) is 0 Å². The lowest BCUT2D eigenvalue weighted by Gasteiger charge is -2.06. The SMILES string of the molecule is O=C(CSc1ccc(F)cc1)NCc1ccnc(-c2ccco2)c1. The van der Waals surface area contributed by atoms with E-state index in [-0.39, 0.29) is 17.5 Å². The molecule has 1 aromatic carbocycles. The van der Waals surface area contributed by atoms with E-state index in [0.29, 0.717) is 12.3 Å². The Bertz CT molecular complexity index is 804. The molecule has 1 amide bonds. The fraction of sp³-hybridized carbons (Fsp3) is 0.111. The van der Waals surface area contributed by atoms with E-state index in [4.69, 9.17) is 4.42 Å². The first kappa shape index (κ1) is 16.3. The largest absolute Gasteiger partial charge is 0.463 e. The van der Waals surface area contributed by atoms with Crippen molar-refractivity contribution in [2.24, 2.45) is 0 Å². The highest BCUT2D eigenvalue weighted by Gasteiger charge is 2.06. The number of furan rings is 1. The fourth-order valence-corrected chi connectivity index (χ4v) is 2.80. The van der Waals surface area contributed by atoms with Crippen LogP contribution >= 0.6 is 11.8 Å². The standard InChI is InChI=1S/C18H15FN2O2S/c19-14-3-5-15(6-4-14)24-12-18(22)21-11-13-7-8-20-16(10-13)17-2-1-9-23-17/h1-10H,11-12H2,(H,21,22). The van der Waals surface area contributed by atoms with Crippen molar-refractivity contribution in [3.8, 4) is 11.5 Å². The molecule has 0 saturated carbocycles. The predicted molar refractivity (Wildman–Crippen MR) is 90.9 cm³/mol. The van der Waals surface area contributed by atoms with Crippen LogP contribution in [-0.2, 0) is 11.3 Å². The van der Waals surface area contributed by atoms with Gasteiger partial charge in [0.05, 0.1) is 12.0 Å². The molecule has 3 rings (SSSR count). The summed E-state index contributed by atoms with van der Waals surface area (Å²) in [4.78, 5) is 17.0. The molecule has 0 aliphatic rings. The molecule has 0 spiro atoms. The number of carbonyl (C=O) groups excluding carboxylic acids is 1. The van der Waals surface area contributed by atoms with Gasteiger partial charge in [0.2, 0.25) is 5.91 Å². The monoisotopic (exact) mass is 342 g/mol. The highest BCUT2D eigenvalue weighted by atomic mass is 32.2. The zero-order valence-electron chi connectivity index (χ0n) is 12.7. The van der Waals surface area contributed by atoms with Crippen LogP contribution in [0, 0.1) is 5.82 Å². The smallest absolute Gasteiger partial charge is 0.230 e. The maximum atomic E-state index is 12.8. The number of aromatic nitrogens is 1. The molecule has 0 saturated heterocycles. The van der Waals surface area contributed by atoms with Crippen LogP contribution in [0.1, 0.15) is 5.56 Å². The average Bonchev–Trinajstić information content (AvgIpc) is 3.14. The third kappa shape index (κ3) is 4.45. The first-order chi connectivity index (χ1) is 11.7. The highest BCUT2D eigenvalue weighted by molar-refractivity contribution is 8.00. The molecule has 2 aromatic heterocycles. The number of carbonyl (C=O) groups is 1. The zero-order valence-corrected chi connectivity index (χ0v) is 13.6. The molecule has 2 heterocycles. The maximum absolute atomic E-state index is 12.8. The molecule has 24 heavy (non-hydrogen) atoms. The molecule has 122 valence electrons. The molecular weight excluding hydrogens is 327 g/mol. The summed E-state index contributed by atoms with van der Waals surface area (Å²) in [6.45, 7) is 0.416. The van der Waals surface area contributed by atoms with E-state index in [1.165, 1.54) is 23.9 Å². The average molecular weight is 342 g/mol. The van der Waals surface area contributed by atoms with Crippen molar-refractivity contribution in [1.29, 1.82) is 0 Å². The van der Waals surface area contributed by atoms with Gasteiger partial charge in [-0.15, -0.1) is 11.8 Å². The second-order valence-electron chi connectivity index (χ2n) is 5.05. The van der Waals surface area contributed by atoms with E-state index in [9.17, 15) is 9.18 Å². The number of benzene rings is 1. The lowest BCUT2D eigenvalue weighted by Crippen LogP contribution is -2.24. The first-order valence-corrected chi connectivity index (χ1v) is 8.33. The molecule has 0 fully saturated rings. The topological polar surface area (TPSA) is 55.1 Å². The molecule has 0 bridgehead atoms. The van der Waals surface area contributed by atoms with Crippen LogP contribution in [0.25, 0.3) is 11.5 Å². The van der Waals surface area contributed by atoms with E-state index >= 15 is 0 Å². The summed E-state index contributed by atoms with van der Waals surface area (Å²) >= 11 is 1.37. The van der Waals surface area contributed by atoms with Gasteiger partial charge in [-0.25, -0.2) is 4.39 Å². The number of hydrogen-bond donors (Lipinski definition) is 1. The Morgan fingerprint density at radius 1 is 1.21 bits per heavy atom. The van der Waals surface area contributed by atoms with E-state index in [1.807, 2.05) is 18.2 Å². The third-order valence-electron chi connectivity index (χ3n) is 3.27. The van der Waals surface area contributed by atoms with Crippen molar-refractivity contribution in [2.75, 3.05) is 5.75 Å². The van der Waals surface area contributed by atoms with Crippen LogP contribution in [0.15, 0.2) is 70.3 Å². The van der Waals surface area contributed by atoms with E-state index in [0.717, 1.165) is 16.2 Å². The quantitative estimate of drug-likeness (QED) is 0.691. The molecule has 1 N–H and O–H groups in total. The van der Waals surface area contributed by atoms with Crippen molar-refractivity contribution >= 4 is 17.7 Å². The van der Waals surface area contributed by atoms with E-state index < -0.39 is 0 Å². The number of nitrogens with one attached hydrogen (secondary N) is 1.